The summed E-state index contributed by atoms with van der Waals surface area (Å²) in [6.45, 7) is 3.49. The molecule has 4 N–H and O–H groups in total. The first kappa shape index (κ1) is 15.9. The molecule has 110 valence electrons. The molecule has 0 saturated heterocycles. The van der Waals surface area contributed by atoms with Crippen molar-refractivity contribution in [3.8, 4) is 0 Å². The number of nitrogens with zero attached hydrogens (tertiary/aromatic N) is 1. The zero-order chi connectivity index (χ0) is 14.3. The van der Waals surface area contributed by atoms with Gasteiger partial charge in [-0.2, -0.15) is 0 Å². The fraction of sp³-hybridized carbons (Fsp3) is 0.846. The standard InChI is InChI=1S/C13H26N4O2/c1-10(18)15-6-7-16-13(19)9-17(2)12-5-3-4-11(12)8-14/h11-12H,3-9,14H2,1-2H3,(H,15,18)(H,16,19). The van der Waals surface area contributed by atoms with Crippen LogP contribution in [0.1, 0.15) is 26.2 Å². The van der Waals surface area contributed by atoms with E-state index in [9.17, 15) is 9.59 Å². The van der Waals surface area contributed by atoms with E-state index in [0.29, 0.717) is 38.1 Å². The van der Waals surface area contributed by atoms with Crippen LogP contribution in [-0.2, 0) is 9.59 Å². The van der Waals surface area contributed by atoms with E-state index in [1.165, 1.54) is 13.3 Å². The lowest BCUT2D eigenvalue weighted by molar-refractivity contribution is -0.123. The number of nitrogens with one attached hydrogen (secondary N) is 2. The zero-order valence-electron chi connectivity index (χ0n) is 11.9. The highest BCUT2D eigenvalue weighted by molar-refractivity contribution is 5.78. The molecule has 1 saturated carbocycles. The van der Waals surface area contributed by atoms with E-state index in [0.717, 1.165) is 12.8 Å². The topological polar surface area (TPSA) is 87.5 Å². The van der Waals surface area contributed by atoms with Gasteiger partial charge in [-0.05, 0) is 32.4 Å². The predicted octanol–water partition coefficient (Wildman–Crippen LogP) is -0.702. The van der Waals surface area contributed by atoms with Crippen molar-refractivity contribution in [3.05, 3.63) is 0 Å². The van der Waals surface area contributed by atoms with Crippen molar-refractivity contribution in [2.75, 3.05) is 33.2 Å². The number of hydrogen-bond donors (Lipinski definition) is 3. The van der Waals surface area contributed by atoms with Crippen molar-refractivity contribution in [1.29, 1.82) is 0 Å². The second kappa shape index (κ2) is 8.12. The molecule has 1 rings (SSSR count). The molecule has 0 spiro atoms. The van der Waals surface area contributed by atoms with Gasteiger partial charge >= 0.3 is 0 Å². The maximum atomic E-state index is 11.8. The Morgan fingerprint density at radius 1 is 1.26 bits per heavy atom. The molecule has 2 unspecified atom stereocenters. The van der Waals surface area contributed by atoms with Crippen LogP contribution in [0, 0.1) is 5.92 Å². The van der Waals surface area contributed by atoms with Crippen LogP contribution in [-0.4, -0.2) is 56.0 Å². The van der Waals surface area contributed by atoms with Gasteiger partial charge in [0.15, 0.2) is 0 Å². The Morgan fingerprint density at radius 2 is 1.95 bits per heavy atom. The number of nitrogens with two attached hydrogens (primary N) is 1. The normalized spacial score (nSPS) is 22.5. The van der Waals surface area contributed by atoms with Gasteiger partial charge < -0.3 is 16.4 Å². The van der Waals surface area contributed by atoms with Gasteiger partial charge in [-0.3, -0.25) is 14.5 Å². The van der Waals surface area contributed by atoms with Crippen molar-refractivity contribution in [1.82, 2.24) is 15.5 Å². The molecule has 1 aliphatic carbocycles. The van der Waals surface area contributed by atoms with Crippen LogP contribution < -0.4 is 16.4 Å². The van der Waals surface area contributed by atoms with Crippen molar-refractivity contribution in [2.45, 2.75) is 32.2 Å². The smallest absolute Gasteiger partial charge is 0.234 e. The van der Waals surface area contributed by atoms with Gasteiger partial charge in [-0.15, -0.1) is 0 Å². The highest BCUT2D eigenvalue weighted by atomic mass is 16.2. The molecular formula is C13H26N4O2. The number of carbonyl (C=O) groups excluding carboxylic acids is 2. The monoisotopic (exact) mass is 270 g/mol. The molecule has 0 aliphatic heterocycles. The summed E-state index contributed by atoms with van der Waals surface area (Å²) in [5.74, 6) is 0.427. The molecule has 6 heteroatoms. The molecule has 0 radical (unpaired) electrons. The maximum Gasteiger partial charge on any atom is 0.234 e. The Hall–Kier alpha value is -1.14. The molecule has 6 nitrogen and oxygen atoms in total. The van der Waals surface area contributed by atoms with E-state index >= 15 is 0 Å². The van der Waals surface area contributed by atoms with Crippen LogP contribution in [0.5, 0.6) is 0 Å². The van der Waals surface area contributed by atoms with Crippen LogP contribution in [0.4, 0.5) is 0 Å². The molecule has 19 heavy (non-hydrogen) atoms. The molecule has 0 bridgehead atoms. The second-order valence-corrected chi connectivity index (χ2v) is 5.24. The average Bonchev–Trinajstić information content (AvgIpc) is 2.82. The van der Waals surface area contributed by atoms with E-state index in [1.807, 2.05) is 7.05 Å². The Bertz CT molecular complexity index is 309. The van der Waals surface area contributed by atoms with E-state index in [-0.39, 0.29) is 11.8 Å². The van der Waals surface area contributed by atoms with Crippen molar-refractivity contribution in [3.63, 3.8) is 0 Å². The van der Waals surface area contributed by atoms with E-state index in [1.54, 1.807) is 0 Å². The summed E-state index contributed by atoms with van der Waals surface area (Å²) >= 11 is 0. The Balaban J connectivity index is 2.22. The minimum atomic E-state index is -0.0805. The fourth-order valence-electron chi connectivity index (χ4n) is 2.71. The van der Waals surface area contributed by atoms with Crippen LogP contribution in [0.2, 0.25) is 0 Å². The van der Waals surface area contributed by atoms with Crippen LogP contribution in [0.15, 0.2) is 0 Å². The molecule has 1 aliphatic rings. The van der Waals surface area contributed by atoms with E-state index in [4.69, 9.17) is 5.73 Å². The summed E-state index contributed by atoms with van der Waals surface area (Å²) < 4.78 is 0. The average molecular weight is 270 g/mol. The van der Waals surface area contributed by atoms with Gasteiger partial charge in [0, 0.05) is 26.1 Å². The summed E-state index contributed by atoms with van der Waals surface area (Å²) in [6.07, 6.45) is 3.48. The third-order valence-electron chi connectivity index (χ3n) is 3.70. The fourth-order valence-corrected chi connectivity index (χ4v) is 2.71. The van der Waals surface area contributed by atoms with Crippen molar-refractivity contribution >= 4 is 11.8 Å². The van der Waals surface area contributed by atoms with Gasteiger partial charge in [0.1, 0.15) is 0 Å². The quantitative estimate of drug-likeness (QED) is 0.534. The largest absolute Gasteiger partial charge is 0.355 e. The summed E-state index contributed by atoms with van der Waals surface area (Å²) in [4.78, 5) is 24.5. The van der Waals surface area contributed by atoms with E-state index < -0.39 is 0 Å². The molecule has 0 aromatic heterocycles. The van der Waals surface area contributed by atoms with Gasteiger partial charge in [0.2, 0.25) is 11.8 Å². The first-order valence-corrected chi connectivity index (χ1v) is 6.96. The summed E-state index contributed by atoms with van der Waals surface area (Å²) in [7, 11) is 1.98. The Labute approximate surface area is 115 Å². The number of carbonyl (C=O) groups is 2. The maximum absolute atomic E-state index is 11.8. The van der Waals surface area contributed by atoms with Crippen molar-refractivity contribution < 1.29 is 9.59 Å². The minimum absolute atomic E-state index is 0.00414. The van der Waals surface area contributed by atoms with Gasteiger partial charge in [-0.25, -0.2) is 0 Å². The highest BCUT2D eigenvalue weighted by Gasteiger charge is 2.29. The first-order valence-electron chi connectivity index (χ1n) is 6.96. The summed E-state index contributed by atoms with van der Waals surface area (Å²) in [5.41, 5.74) is 5.75. The number of amides is 2. The molecular weight excluding hydrogens is 244 g/mol. The second-order valence-electron chi connectivity index (χ2n) is 5.24. The number of rotatable bonds is 7. The van der Waals surface area contributed by atoms with Crippen LogP contribution in [0.25, 0.3) is 0 Å². The van der Waals surface area contributed by atoms with Gasteiger partial charge in [-0.1, -0.05) is 6.42 Å². The van der Waals surface area contributed by atoms with Gasteiger partial charge in [0.05, 0.1) is 6.54 Å². The summed E-state index contributed by atoms with van der Waals surface area (Å²) in [6, 6.07) is 0.422. The predicted molar refractivity (Wildman–Crippen MR) is 74.5 cm³/mol. The Morgan fingerprint density at radius 3 is 2.58 bits per heavy atom. The molecule has 0 aromatic rings. The molecule has 2 atom stereocenters. The molecule has 1 fully saturated rings. The lowest BCUT2D eigenvalue weighted by Crippen LogP contribution is -2.44. The van der Waals surface area contributed by atoms with E-state index in [2.05, 4.69) is 15.5 Å². The zero-order valence-corrected chi connectivity index (χ0v) is 11.9. The molecule has 0 heterocycles. The number of hydrogen-bond acceptors (Lipinski definition) is 4. The molecule has 2 amide bonds. The van der Waals surface area contributed by atoms with Crippen LogP contribution in [0.3, 0.4) is 0 Å². The third-order valence-corrected chi connectivity index (χ3v) is 3.70. The Kier molecular flexibility index (Phi) is 6.80. The third kappa shape index (κ3) is 5.57. The first-order chi connectivity index (χ1) is 9.04. The lowest BCUT2D eigenvalue weighted by atomic mass is 10.0. The highest BCUT2D eigenvalue weighted by Crippen LogP contribution is 2.28. The lowest BCUT2D eigenvalue weighted by Gasteiger charge is -2.28. The molecule has 0 aromatic carbocycles. The van der Waals surface area contributed by atoms with Crippen molar-refractivity contribution in [2.24, 2.45) is 11.7 Å². The minimum Gasteiger partial charge on any atom is -0.355 e. The van der Waals surface area contributed by atoms with Gasteiger partial charge in [0.25, 0.3) is 0 Å². The summed E-state index contributed by atoms with van der Waals surface area (Å²) in [5, 5.41) is 5.44. The number of likely N-dealkylation sites (N-methyl/N-ethyl adjacent to an activating group) is 1. The van der Waals surface area contributed by atoms with Crippen LogP contribution >= 0.6 is 0 Å². The SMILES string of the molecule is CC(=O)NCCNC(=O)CN(C)C1CCCC1CN.